The highest BCUT2D eigenvalue weighted by Crippen LogP contribution is 2.23. The molecule has 29 heavy (non-hydrogen) atoms. The summed E-state index contributed by atoms with van der Waals surface area (Å²) in [6, 6.07) is 10.9. The normalized spacial score (nSPS) is 12.4. The minimum atomic E-state index is -0.515. The van der Waals surface area contributed by atoms with E-state index in [9.17, 15) is 9.18 Å². The average Bonchev–Trinajstić information content (AvgIpc) is 3.34. The molecule has 0 fully saturated rings. The fourth-order valence-corrected chi connectivity index (χ4v) is 3.64. The van der Waals surface area contributed by atoms with Gasteiger partial charge in [0.25, 0.3) is 0 Å². The van der Waals surface area contributed by atoms with Crippen molar-refractivity contribution in [2.24, 2.45) is 0 Å². The quantitative estimate of drug-likeness (QED) is 0.547. The van der Waals surface area contributed by atoms with Crippen LogP contribution in [0.2, 0.25) is 5.02 Å². The van der Waals surface area contributed by atoms with E-state index in [1.807, 2.05) is 6.92 Å². The standard InChI is InChI=1S/C23H21ClFN3O/c1-2-28-22(26-23(27-28)18-9-11-20(24)21(25)13-18)14-19(29)10-7-15-6-8-16-4-3-5-17(16)12-15/h3,5-6,8-9,11-13H,2,4,7,10,14H2,1H3. The molecule has 0 saturated carbocycles. The van der Waals surface area contributed by atoms with Crippen LogP contribution in [0.3, 0.4) is 0 Å². The lowest BCUT2D eigenvalue weighted by molar-refractivity contribution is -0.118. The van der Waals surface area contributed by atoms with Crippen molar-refractivity contribution in [2.75, 3.05) is 0 Å². The predicted octanol–water partition coefficient (Wildman–Crippen LogP) is 5.07. The van der Waals surface area contributed by atoms with Crippen molar-refractivity contribution < 1.29 is 9.18 Å². The molecule has 0 aliphatic heterocycles. The molecule has 0 saturated heterocycles. The second kappa shape index (κ2) is 8.29. The molecule has 4 rings (SSSR count). The van der Waals surface area contributed by atoms with Crippen LogP contribution in [0.1, 0.15) is 35.9 Å². The first-order valence-electron chi connectivity index (χ1n) is 9.72. The Bertz CT molecular complexity index is 1100. The van der Waals surface area contributed by atoms with Crippen molar-refractivity contribution in [3.63, 3.8) is 0 Å². The smallest absolute Gasteiger partial charge is 0.181 e. The Hall–Kier alpha value is -2.79. The molecule has 0 spiro atoms. The van der Waals surface area contributed by atoms with Gasteiger partial charge in [0.05, 0.1) is 11.4 Å². The van der Waals surface area contributed by atoms with Crippen LogP contribution in [0.25, 0.3) is 17.5 Å². The topological polar surface area (TPSA) is 47.8 Å². The summed E-state index contributed by atoms with van der Waals surface area (Å²) in [6.45, 7) is 2.52. The third-order valence-corrected chi connectivity index (χ3v) is 5.43. The molecule has 6 heteroatoms. The molecule has 0 radical (unpaired) electrons. The minimum Gasteiger partial charge on any atom is -0.299 e. The van der Waals surface area contributed by atoms with Crippen molar-refractivity contribution in [2.45, 2.75) is 39.2 Å². The minimum absolute atomic E-state index is 0.0566. The van der Waals surface area contributed by atoms with E-state index in [0.717, 1.165) is 12.0 Å². The van der Waals surface area contributed by atoms with E-state index in [-0.39, 0.29) is 17.2 Å². The van der Waals surface area contributed by atoms with E-state index in [2.05, 4.69) is 40.4 Å². The molecule has 1 aliphatic rings. The van der Waals surface area contributed by atoms with Gasteiger partial charge in [0.1, 0.15) is 17.4 Å². The van der Waals surface area contributed by atoms with Gasteiger partial charge in [-0.05, 0) is 54.7 Å². The van der Waals surface area contributed by atoms with E-state index in [4.69, 9.17) is 11.6 Å². The number of aromatic nitrogens is 3. The van der Waals surface area contributed by atoms with Gasteiger partial charge in [0.2, 0.25) is 0 Å². The van der Waals surface area contributed by atoms with Gasteiger partial charge in [-0.1, -0.05) is 42.0 Å². The Morgan fingerprint density at radius 1 is 1.24 bits per heavy atom. The van der Waals surface area contributed by atoms with Crippen LogP contribution >= 0.6 is 11.6 Å². The SMILES string of the molecule is CCn1nc(-c2ccc(Cl)c(F)c2)nc1CC(=O)CCc1ccc2c(c1)C=CC2. The van der Waals surface area contributed by atoms with Crippen molar-refractivity contribution in [3.05, 3.63) is 75.8 Å². The maximum Gasteiger partial charge on any atom is 0.181 e. The third kappa shape index (κ3) is 4.30. The van der Waals surface area contributed by atoms with Crippen LogP contribution in [0, 0.1) is 5.82 Å². The highest BCUT2D eigenvalue weighted by atomic mass is 35.5. The average molecular weight is 410 g/mol. The van der Waals surface area contributed by atoms with Crippen molar-refractivity contribution in [1.29, 1.82) is 0 Å². The number of Topliss-reactive ketones (excluding diaryl/α,β-unsaturated/α-hetero) is 1. The summed E-state index contributed by atoms with van der Waals surface area (Å²) in [5.74, 6) is 0.589. The van der Waals surface area contributed by atoms with Crippen LogP contribution in [0.4, 0.5) is 4.39 Å². The van der Waals surface area contributed by atoms with Crippen molar-refractivity contribution >= 4 is 23.5 Å². The zero-order valence-corrected chi connectivity index (χ0v) is 16.9. The molecule has 148 valence electrons. The van der Waals surface area contributed by atoms with Crippen LogP contribution in [0.15, 0.2) is 42.5 Å². The van der Waals surface area contributed by atoms with Gasteiger partial charge >= 0.3 is 0 Å². The van der Waals surface area contributed by atoms with Crippen LogP contribution in [0.5, 0.6) is 0 Å². The zero-order chi connectivity index (χ0) is 20.4. The molecule has 1 heterocycles. The van der Waals surface area contributed by atoms with Gasteiger partial charge in [-0.3, -0.25) is 4.79 Å². The van der Waals surface area contributed by atoms with Gasteiger partial charge in [-0.25, -0.2) is 14.1 Å². The first kappa shape index (κ1) is 19.5. The molecule has 4 nitrogen and oxygen atoms in total. The number of allylic oxidation sites excluding steroid dienone is 1. The van der Waals surface area contributed by atoms with Gasteiger partial charge in [0.15, 0.2) is 5.82 Å². The highest BCUT2D eigenvalue weighted by Gasteiger charge is 2.16. The highest BCUT2D eigenvalue weighted by molar-refractivity contribution is 6.30. The molecule has 1 aliphatic carbocycles. The number of halogens is 2. The molecule has 0 amide bonds. The monoisotopic (exact) mass is 409 g/mol. The summed E-state index contributed by atoms with van der Waals surface area (Å²) in [5, 5.41) is 4.47. The number of rotatable bonds is 7. The Labute approximate surface area is 174 Å². The van der Waals surface area contributed by atoms with Gasteiger partial charge in [-0.2, -0.15) is 5.10 Å². The Balaban J connectivity index is 1.44. The van der Waals surface area contributed by atoms with Gasteiger partial charge < -0.3 is 0 Å². The molecule has 2 aromatic carbocycles. The van der Waals surface area contributed by atoms with E-state index >= 15 is 0 Å². The number of carbonyl (C=O) groups excluding carboxylic acids is 1. The van der Waals surface area contributed by atoms with Crippen molar-refractivity contribution in [1.82, 2.24) is 14.8 Å². The number of aryl methyl sites for hydroxylation is 2. The molecule has 0 N–H and O–H groups in total. The number of nitrogens with zero attached hydrogens (tertiary/aromatic N) is 3. The van der Waals surface area contributed by atoms with Gasteiger partial charge in [0, 0.05) is 18.5 Å². The number of hydrogen-bond acceptors (Lipinski definition) is 3. The summed E-state index contributed by atoms with van der Waals surface area (Å²) >= 11 is 5.75. The third-order valence-electron chi connectivity index (χ3n) is 5.12. The number of carbonyl (C=O) groups is 1. The summed E-state index contributed by atoms with van der Waals surface area (Å²) < 4.78 is 15.5. The molecule has 0 atom stereocenters. The van der Waals surface area contributed by atoms with Crippen molar-refractivity contribution in [3.8, 4) is 11.4 Å². The maximum atomic E-state index is 13.8. The molecule has 0 bridgehead atoms. The fourth-order valence-electron chi connectivity index (χ4n) is 3.52. The van der Waals surface area contributed by atoms with Crippen LogP contribution in [-0.4, -0.2) is 20.5 Å². The van der Waals surface area contributed by atoms with E-state index in [0.29, 0.717) is 36.6 Å². The lowest BCUT2D eigenvalue weighted by Gasteiger charge is -2.05. The first-order valence-corrected chi connectivity index (χ1v) is 10.1. The largest absolute Gasteiger partial charge is 0.299 e. The van der Waals surface area contributed by atoms with Crippen LogP contribution < -0.4 is 0 Å². The lowest BCUT2D eigenvalue weighted by Crippen LogP contribution is -2.11. The summed E-state index contributed by atoms with van der Waals surface area (Å²) in [4.78, 5) is 17.0. The molecule has 0 unspecified atom stereocenters. The number of hydrogen-bond donors (Lipinski definition) is 0. The fraction of sp³-hybridized carbons (Fsp3) is 0.261. The summed E-state index contributed by atoms with van der Waals surface area (Å²) in [7, 11) is 0. The Kier molecular flexibility index (Phi) is 5.58. The number of fused-ring (bicyclic) bond motifs is 1. The lowest BCUT2D eigenvalue weighted by atomic mass is 10.0. The summed E-state index contributed by atoms with van der Waals surface area (Å²) in [6.07, 6.45) is 6.63. The number of benzene rings is 2. The van der Waals surface area contributed by atoms with Crippen LogP contribution in [-0.2, 0) is 30.6 Å². The predicted molar refractivity (Wildman–Crippen MR) is 112 cm³/mol. The first-order chi connectivity index (χ1) is 14.0. The second-order valence-corrected chi connectivity index (χ2v) is 7.56. The van der Waals surface area contributed by atoms with E-state index in [1.54, 1.807) is 10.7 Å². The molecular formula is C23H21ClFN3O. The molecular weight excluding hydrogens is 389 g/mol. The second-order valence-electron chi connectivity index (χ2n) is 7.15. The van der Waals surface area contributed by atoms with E-state index < -0.39 is 5.82 Å². The number of ketones is 1. The van der Waals surface area contributed by atoms with E-state index in [1.165, 1.54) is 23.3 Å². The molecule has 3 aromatic rings. The summed E-state index contributed by atoms with van der Waals surface area (Å²) in [5.41, 5.74) is 4.29. The van der Waals surface area contributed by atoms with Gasteiger partial charge in [-0.15, -0.1) is 0 Å². The Morgan fingerprint density at radius 3 is 2.90 bits per heavy atom. The maximum absolute atomic E-state index is 13.8. The Morgan fingerprint density at radius 2 is 2.10 bits per heavy atom. The molecule has 1 aromatic heterocycles. The zero-order valence-electron chi connectivity index (χ0n) is 16.2.